The molecule has 1 fully saturated rings. The van der Waals surface area contributed by atoms with Crippen molar-refractivity contribution < 1.29 is 0 Å². The van der Waals surface area contributed by atoms with Gasteiger partial charge in [-0.25, -0.2) is 0 Å². The Labute approximate surface area is 119 Å². The highest BCUT2D eigenvalue weighted by Gasteiger charge is 2.21. The predicted octanol–water partition coefficient (Wildman–Crippen LogP) is 3.27. The van der Waals surface area contributed by atoms with E-state index in [-0.39, 0.29) is 0 Å². The van der Waals surface area contributed by atoms with Gasteiger partial charge in [0.15, 0.2) is 0 Å². The molecule has 100 valence electrons. The minimum Gasteiger partial charge on any atom is -0.312 e. The fourth-order valence-corrected chi connectivity index (χ4v) is 3.09. The molecule has 1 aromatic carbocycles. The monoisotopic (exact) mass is 310 g/mol. The lowest BCUT2D eigenvalue weighted by Gasteiger charge is -2.33. The molecule has 0 amide bonds. The van der Waals surface area contributed by atoms with Crippen molar-refractivity contribution in [2.24, 2.45) is 5.92 Å². The summed E-state index contributed by atoms with van der Waals surface area (Å²) in [5, 5.41) is 3.65. The summed E-state index contributed by atoms with van der Waals surface area (Å²) in [4.78, 5) is 2.42. The quantitative estimate of drug-likeness (QED) is 0.918. The minimum absolute atomic E-state index is 0.645. The van der Waals surface area contributed by atoms with E-state index >= 15 is 0 Å². The van der Waals surface area contributed by atoms with Gasteiger partial charge < -0.3 is 10.2 Å². The smallest absolute Gasteiger partial charge is 0.0242 e. The summed E-state index contributed by atoms with van der Waals surface area (Å²) in [5.41, 5.74) is 1.36. The van der Waals surface area contributed by atoms with Crippen LogP contribution in [0.25, 0.3) is 0 Å². The molecule has 1 aliphatic heterocycles. The maximum Gasteiger partial charge on any atom is 0.0242 e. The van der Waals surface area contributed by atoms with E-state index in [0.717, 1.165) is 19.0 Å². The van der Waals surface area contributed by atoms with Crippen LogP contribution >= 0.6 is 15.9 Å². The zero-order valence-electron chi connectivity index (χ0n) is 11.3. The molecule has 1 heterocycles. The Morgan fingerprint density at radius 3 is 2.89 bits per heavy atom. The van der Waals surface area contributed by atoms with Crippen LogP contribution in [-0.4, -0.2) is 31.1 Å². The first-order valence-electron chi connectivity index (χ1n) is 6.82. The van der Waals surface area contributed by atoms with Crippen LogP contribution in [0, 0.1) is 5.92 Å². The van der Waals surface area contributed by atoms with Crippen LogP contribution in [0.4, 0.5) is 0 Å². The second-order valence-electron chi connectivity index (χ2n) is 5.47. The van der Waals surface area contributed by atoms with E-state index in [0.29, 0.717) is 6.04 Å². The SMILES string of the molecule is CC1CCCNC1CN(C)Cc1ccccc1Br. The van der Waals surface area contributed by atoms with Crippen molar-refractivity contribution >= 4 is 15.9 Å². The Kier molecular flexibility index (Phi) is 5.22. The highest BCUT2D eigenvalue weighted by molar-refractivity contribution is 9.10. The number of piperidine rings is 1. The number of benzene rings is 1. The van der Waals surface area contributed by atoms with E-state index < -0.39 is 0 Å². The fraction of sp³-hybridized carbons (Fsp3) is 0.600. The Balaban J connectivity index is 1.88. The molecule has 3 heteroatoms. The number of rotatable bonds is 4. The van der Waals surface area contributed by atoms with Gasteiger partial charge in [-0.2, -0.15) is 0 Å². The van der Waals surface area contributed by atoms with Gasteiger partial charge in [0, 0.05) is 23.6 Å². The average Bonchev–Trinajstić information content (AvgIpc) is 2.35. The van der Waals surface area contributed by atoms with Crippen LogP contribution in [0.3, 0.4) is 0 Å². The number of likely N-dealkylation sites (N-methyl/N-ethyl adjacent to an activating group) is 1. The van der Waals surface area contributed by atoms with Gasteiger partial charge in [0.25, 0.3) is 0 Å². The molecule has 2 rings (SSSR count). The molecular weight excluding hydrogens is 288 g/mol. The normalized spacial score (nSPS) is 24.4. The zero-order chi connectivity index (χ0) is 13.0. The van der Waals surface area contributed by atoms with Gasteiger partial charge in [-0.05, 0) is 44.0 Å². The highest BCUT2D eigenvalue weighted by Crippen LogP contribution is 2.19. The highest BCUT2D eigenvalue weighted by atomic mass is 79.9. The van der Waals surface area contributed by atoms with Gasteiger partial charge in [-0.3, -0.25) is 0 Å². The van der Waals surface area contributed by atoms with Crippen LogP contribution in [0.1, 0.15) is 25.3 Å². The van der Waals surface area contributed by atoms with Gasteiger partial charge in [-0.15, -0.1) is 0 Å². The third-order valence-electron chi connectivity index (χ3n) is 3.84. The Bertz CT molecular complexity index is 381. The molecule has 1 aliphatic rings. The van der Waals surface area contributed by atoms with Crippen molar-refractivity contribution in [3.8, 4) is 0 Å². The number of nitrogens with zero attached hydrogens (tertiary/aromatic N) is 1. The number of hydrogen-bond donors (Lipinski definition) is 1. The first kappa shape index (κ1) is 14.0. The van der Waals surface area contributed by atoms with Crippen LogP contribution in [-0.2, 0) is 6.54 Å². The first-order chi connectivity index (χ1) is 8.66. The number of hydrogen-bond acceptors (Lipinski definition) is 2. The molecule has 0 saturated carbocycles. The third kappa shape index (κ3) is 3.81. The standard InChI is InChI=1S/C15H23BrN2/c1-12-6-5-9-17-15(12)11-18(2)10-13-7-3-4-8-14(13)16/h3-4,7-8,12,15,17H,5-6,9-11H2,1-2H3. The summed E-state index contributed by atoms with van der Waals surface area (Å²) in [6.45, 7) is 5.68. The molecule has 2 unspecified atom stereocenters. The van der Waals surface area contributed by atoms with Crippen molar-refractivity contribution in [1.82, 2.24) is 10.2 Å². The fourth-order valence-electron chi connectivity index (χ4n) is 2.68. The molecule has 0 aromatic heterocycles. The Hall–Kier alpha value is -0.380. The van der Waals surface area contributed by atoms with Gasteiger partial charge in [0.2, 0.25) is 0 Å². The lowest BCUT2D eigenvalue weighted by Crippen LogP contribution is -2.46. The first-order valence-corrected chi connectivity index (χ1v) is 7.61. The van der Waals surface area contributed by atoms with E-state index in [1.165, 1.54) is 29.4 Å². The molecule has 18 heavy (non-hydrogen) atoms. The molecule has 0 bridgehead atoms. The molecule has 2 nitrogen and oxygen atoms in total. The zero-order valence-corrected chi connectivity index (χ0v) is 12.9. The molecule has 2 atom stereocenters. The van der Waals surface area contributed by atoms with Crippen molar-refractivity contribution in [1.29, 1.82) is 0 Å². The topological polar surface area (TPSA) is 15.3 Å². The molecule has 0 spiro atoms. The Morgan fingerprint density at radius 2 is 2.17 bits per heavy atom. The average molecular weight is 311 g/mol. The summed E-state index contributed by atoms with van der Waals surface area (Å²) >= 11 is 3.62. The summed E-state index contributed by atoms with van der Waals surface area (Å²) in [7, 11) is 2.21. The molecule has 0 radical (unpaired) electrons. The van der Waals surface area contributed by atoms with Crippen LogP contribution in [0.5, 0.6) is 0 Å². The van der Waals surface area contributed by atoms with Crippen molar-refractivity contribution in [2.45, 2.75) is 32.4 Å². The van der Waals surface area contributed by atoms with E-state index in [9.17, 15) is 0 Å². The molecule has 1 aromatic rings. The van der Waals surface area contributed by atoms with Crippen molar-refractivity contribution in [3.63, 3.8) is 0 Å². The summed E-state index contributed by atoms with van der Waals surface area (Å²) in [6, 6.07) is 9.13. The van der Waals surface area contributed by atoms with Gasteiger partial charge >= 0.3 is 0 Å². The number of nitrogens with one attached hydrogen (secondary N) is 1. The molecule has 1 saturated heterocycles. The maximum absolute atomic E-state index is 3.65. The van der Waals surface area contributed by atoms with Crippen LogP contribution in [0.2, 0.25) is 0 Å². The predicted molar refractivity (Wildman–Crippen MR) is 80.7 cm³/mol. The van der Waals surface area contributed by atoms with Gasteiger partial charge in [0.05, 0.1) is 0 Å². The van der Waals surface area contributed by atoms with Gasteiger partial charge in [0.1, 0.15) is 0 Å². The van der Waals surface area contributed by atoms with Gasteiger partial charge in [-0.1, -0.05) is 41.1 Å². The number of halogens is 1. The van der Waals surface area contributed by atoms with E-state index in [2.05, 4.69) is 64.4 Å². The van der Waals surface area contributed by atoms with Crippen LogP contribution in [0.15, 0.2) is 28.7 Å². The second kappa shape index (κ2) is 6.69. The van der Waals surface area contributed by atoms with E-state index in [1.54, 1.807) is 0 Å². The van der Waals surface area contributed by atoms with Crippen LogP contribution < -0.4 is 5.32 Å². The lowest BCUT2D eigenvalue weighted by molar-refractivity contribution is 0.212. The summed E-state index contributed by atoms with van der Waals surface area (Å²) in [6.07, 6.45) is 2.69. The lowest BCUT2D eigenvalue weighted by atomic mass is 9.92. The summed E-state index contributed by atoms with van der Waals surface area (Å²) < 4.78 is 1.21. The third-order valence-corrected chi connectivity index (χ3v) is 4.61. The molecule has 1 N–H and O–H groups in total. The molecule has 0 aliphatic carbocycles. The summed E-state index contributed by atoms with van der Waals surface area (Å²) in [5.74, 6) is 0.792. The minimum atomic E-state index is 0.645. The van der Waals surface area contributed by atoms with E-state index in [1.807, 2.05) is 0 Å². The largest absolute Gasteiger partial charge is 0.312 e. The van der Waals surface area contributed by atoms with Crippen molar-refractivity contribution in [2.75, 3.05) is 20.1 Å². The second-order valence-corrected chi connectivity index (χ2v) is 6.32. The van der Waals surface area contributed by atoms with Crippen molar-refractivity contribution in [3.05, 3.63) is 34.3 Å². The Morgan fingerprint density at radius 1 is 1.39 bits per heavy atom. The maximum atomic E-state index is 3.65. The van der Waals surface area contributed by atoms with E-state index in [4.69, 9.17) is 0 Å². The molecular formula is C15H23BrN2.